The van der Waals surface area contributed by atoms with Crippen LogP contribution in [-0.2, 0) is 0 Å². The van der Waals surface area contributed by atoms with Gasteiger partial charge in [-0.05, 0) is 0 Å². The summed E-state index contributed by atoms with van der Waals surface area (Å²) in [6.45, 7) is 0. The van der Waals surface area contributed by atoms with Crippen LogP contribution in [0.25, 0.3) is 0 Å². The molecule has 0 fully saturated rings. The van der Waals surface area contributed by atoms with Gasteiger partial charge in [-0.1, -0.05) is 0 Å². The highest BCUT2D eigenvalue weighted by Crippen LogP contribution is 2.06. The van der Waals surface area contributed by atoms with Crippen LogP contribution < -0.4 is 9.31 Å². The van der Waals surface area contributed by atoms with Crippen molar-refractivity contribution >= 4 is 7.69 Å². The first-order valence-corrected chi connectivity index (χ1v) is 4.10. The van der Waals surface area contributed by atoms with E-state index < -0.39 is 0 Å². The van der Waals surface area contributed by atoms with Crippen LogP contribution in [0.2, 0.25) is 0 Å². The smallest absolute Gasteiger partial charge is 0.524 e. The summed E-state index contributed by atoms with van der Waals surface area (Å²) >= 11 is 0. The molecule has 2 rings (SSSR count). The Morgan fingerprint density at radius 3 is 1.50 bits per heavy atom. The summed E-state index contributed by atoms with van der Waals surface area (Å²) in [5.74, 6) is 0.990. The molecule has 81 valence electrons. The Hall–Kier alpha value is -2.22. The predicted octanol–water partition coefficient (Wildman–Crippen LogP) is -0.566. The molecule has 2 N–H and O–H groups in total. The Kier molecular flexibility index (Phi) is 4.67. The fraction of sp³-hybridized carbons (Fsp3) is 0. The van der Waals surface area contributed by atoms with Crippen LogP contribution in [0.4, 0.5) is 0 Å². The lowest BCUT2D eigenvalue weighted by Gasteiger charge is -2.03. The molecule has 0 aliphatic carbocycles. The van der Waals surface area contributed by atoms with Crippen molar-refractivity contribution in [3.8, 4) is 11.5 Å². The third-order valence-electron chi connectivity index (χ3n) is 1.44. The van der Waals surface area contributed by atoms with Crippen molar-refractivity contribution in [2.75, 3.05) is 0 Å². The highest BCUT2D eigenvalue weighted by atomic mass is 16.6. The van der Waals surface area contributed by atoms with Crippen LogP contribution in [0.1, 0.15) is 0 Å². The summed E-state index contributed by atoms with van der Waals surface area (Å²) < 4.78 is 10.2. The van der Waals surface area contributed by atoms with E-state index in [4.69, 9.17) is 9.31 Å². The monoisotopic (exact) mass is 219 g/mol. The molecule has 0 atom stereocenters. The van der Waals surface area contributed by atoms with E-state index in [1.807, 2.05) is 0 Å². The van der Waals surface area contributed by atoms with Gasteiger partial charge in [-0.15, -0.1) is 0 Å². The van der Waals surface area contributed by atoms with Crippen molar-refractivity contribution in [3.05, 3.63) is 37.4 Å². The zero-order valence-corrected chi connectivity index (χ0v) is 8.15. The summed E-state index contributed by atoms with van der Waals surface area (Å²) in [6.07, 6.45) is 8.92. The minimum absolute atomic E-state index is 0. The Labute approximate surface area is 92.1 Å². The SMILES string of the molecule is O.[B](Oc1cncnc1)Oc1cncnc1. The van der Waals surface area contributed by atoms with Gasteiger partial charge < -0.3 is 14.8 Å². The third-order valence-corrected chi connectivity index (χ3v) is 1.44. The van der Waals surface area contributed by atoms with E-state index in [0.29, 0.717) is 11.5 Å². The number of nitrogens with zero attached hydrogens (tertiary/aromatic N) is 4. The topological polar surface area (TPSA) is 102 Å². The second-order valence-electron chi connectivity index (χ2n) is 2.48. The van der Waals surface area contributed by atoms with Crippen molar-refractivity contribution in [1.29, 1.82) is 0 Å². The zero-order chi connectivity index (χ0) is 10.3. The Morgan fingerprint density at radius 2 is 1.12 bits per heavy atom. The van der Waals surface area contributed by atoms with Gasteiger partial charge in [0, 0.05) is 0 Å². The Bertz CT molecular complexity index is 363. The van der Waals surface area contributed by atoms with Gasteiger partial charge in [0.2, 0.25) is 0 Å². The van der Waals surface area contributed by atoms with Crippen LogP contribution >= 0.6 is 0 Å². The summed E-state index contributed by atoms with van der Waals surface area (Å²) in [4.78, 5) is 15.1. The quantitative estimate of drug-likeness (QED) is 0.638. The van der Waals surface area contributed by atoms with Crippen molar-refractivity contribution < 1.29 is 14.8 Å². The second kappa shape index (κ2) is 6.30. The molecule has 0 aliphatic rings. The maximum Gasteiger partial charge on any atom is 0.658 e. The van der Waals surface area contributed by atoms with Gasteiger partial charge in [0.25, 0.3) is 0 Å². The van der Waals surface area contributed by atoms with E-state index in [-0.39, 0.29) is 5.48 Å². The molecular formula is C8H8BN4O3. The average Bonchev–Trinajstić information content (AvgIpc) is 2.32. The van der Waals surface area contributed by atoms with Gasteiger partial charge in [0.05, 0.1) is 24.8 Å². The fourth-order valence-corrected chi connectivity index (χ4v) is 0.828. The second-order valence-corrected chi connectivity index (χ2v) is 2.48. The number of rotatable bonds is 4. The molecule has 2 heterocycles. The van der Waals surface area contributed by atoms with Crippen LogP contribution in [0, 0.1) is 0 Å². The largest absolute Gasteiger partial charge is 0.658 e. The fourth-order valence-electron chi connectivity index (χ4n) is 0.828. The Balaban J connectivity index is 0.00000128. The van der Waals surface area contributed by atoms with Crippen molar-refractivity contribution in [3.63, 3.8) is 0 Å². The van der Waals surface area contributed by atoms with Gasteiger partial charge in [-0.3, -0.25) is 0 Å². The molecule has 16 heavy (non-hydrogen) atoms. The first kappa shape index (κ1) is 11.9. The molecule has 1 radical (unpaired) electrons. The summed E-state index contributed by atoms with van der Waals surface area (Å²) in [5, 5.41) is 0. The maximum absolute atomic E-state index is 5.08. The summed E-state index contributed by atoms with van der Waals surface area (Å²) in [6, 6.07) is 0. The van der Waals surface area contributed by atoms with E-state index in [1.54, 1.807) is 0 Å². The van der Waals surface area contributed by atoms with E-state index in [0.717, 1.165) is 7.69 Å². The van der Waals surface area contributed by atoms with Crippen LogP contribution in [-0.4, -0.2) is 33.1 Å². The van der Waals surface area contributed by atoms with E-state index in [1.165, 1.54) is 37.4 Å². The highest BCUT2D eigenvalue weighted by Gasteiger charge is 2.01. The van der Waals surface area contributed by atoms with Crippen molar-refractivity contribution in [1.82, 2.24) is 19.9 Å². The van der Waals surface area contributed by atoms with E-state index in [2.05, 4.69) is 19.9 Å². The van der Waals surface area contributed by atoms with Crippen LogP contribution in [0.3, 0.4) is 0 Å². The molecule has 0 spiro atoms. The molecule has 8 heteroatoms. The number of hydrogen-bond donors (Lipinski definition) is 0. The minimum Gasteiger partial charge on any atom is -0.524 e. The lowest BCUT2D eigenvalue weighted by molar-refractivity contribution is 0.454. The van der Waals surface area contributed by atoms with Crippen LogP contribution in [0.5, 0.6) is 11.5 Å². The normalized spacial score (nSPS) is 8.75. The van der Waals surface area contributed by atoms with Gasteiger partial charge in [-0.25, -0.2) is 19.9 Å². The molecule has 0 saturated carbocycles. The number of aromatic nitrogens is 4. The first-order valence-electron chi connectivity index (χ1n) is 4.10. The van der Waals surface area contributed by atoms with Gasteiger partial charge in [-0.2, -0.15) is 0 Å². The zero-order valence-electron chi connectivity index (χ0n) is 8.15. The van der Waals surface area contributed by atoms with Crippen molar-refractivity contribution in [2.24, 2.45) is 0 Å². The standard InChI is InChI=1S/C8H6BN4O2.H2O/c1-7(2-11-5-10-1)14-9-15-8-3-12-6-13-4-8;/h1-6H;1H2. The maximum atomic E-state index is 5.08. The average molecular weight is 219 g/mol. The summed E-state index contributed by atoms with van der Waals surface area (Å²) in [7, 11) is 1.16. The summed E-state index contributed by atoms with van der Waals surface area (Å²) in [5.41, 5.74) is 0. The molecule has 0 aliphatic heterocycles. The van der Waals surface area contributed by atoms with E-state index in [9.17, 15) is 0 Å². The van der Waals surface area contributed by atoms with Gasteiger partial charge in [0.1, 0.15) is 24.2 Å². The van der Waals surface area contributed by atoms with Gasteiger partial charge >= 0.3 is 7.69 Å². The number of hydrogen-bond acceptors (Lipinski definition) is 6. The van der Waals surface area contributed by atoms with E-state index >= 15 is 0 Å². The highest BCUT2D eigenvalue weighted by molar-refractivity contribution is 6.20. The molecule has 0 unspecified atom stereocenters. The lowest BCUT2D eigenvalue weighted by Crippen LogP contribution is -2.11. The molecule has 0 amide bonds. The predicted molar refractivity (Wildman–Crippen MR) is 54.7 cm³/mol. The lowest BCUT2D eigenvalue weighted by atomic mass is 10.3. The first-order chi connectivity index (χ1) is 7.45. The molecule has 2 aromatic heterocycles. The minimum atomic E-state index is 0. The van der Waals surface area contributed by atoms with Crippen LogP contribution in [0.15, 0.2) is 37.4 Å². The Morgan fingerprint density at radius 1 is 0.750 bits per heavy atom. The molecule has 0 saturated heterocycles. The van der Waals surface area contributed by atoms with Crippen molar-refractivity contribution in [2.45, 2.75) is 0 Å². The molecule has 0 bridgehead atoms. The third kappa shape index (κ3) is 3.50. The molecule has 0 aromatic carbocycles. The molecular weight excluding hydrogens is 211 g/mol. The van der Waals surface area contributed by atoms with Gasteiger partial charge in [0.15, 0.2) is 0 Å². The molecule has 7 nitrogen and oxygen atoms in total. The molecule has 2 aromatic rings.